The van der Waals surface area contributed by atoms with Gasteiger partial charge in [0.15, 0.2) is 0 Å². The molecule has 0 aromatic heterocycles. The van der Waals surface area contributed by atoms with Crippen molar-refractivity contribution in [2.75, 3.05) is 6.54 Å². The summed E-state index contributed by atoms with van der Waals surface area (Å²) in [5.74, 6) is 0.826. The van der Waals surface area contributed by atoms with E-state index in [9.17, 15) is 4.79 Å². The molecule has 1 amide bonds. The first kappa shape index (κ1) is 12.7. The van der Waals surface area contributed by atoms with Crippen molar-refractivity contribution >= 4 is 5.91 Å². The Labute approximate surface area is 114 Å². The molecule has 2 N–H and O–H groups in total. The van der Waals surface area contributed by atoms with Gasteiger partial charge in [-0.05, 0) is 49.7 Å². The number of carbonyl (C=O) groups is 1. The van der Waals surface area contributed by atoms with Crippen LogP contribution in [0.3, 0.4) is 0 Å². The molecule has 102 valence electrons. The summed E-state index contributed by atoms with van der Waals surface area (Å²) in [6, 6.07) is 9.60. The van der Waals surface area contributed by atoms with Crippen LogP contribution in [0.5, 0.6) is 0 Å². The van der Waals surface area contributed by atoms with Crippen LogP contribution < -0.4 is 10.6 Å². The van der Waals surface area contributed by atoms with Gasteiger partial charge in [-0.2, -0.15) is 0 Å². The lowest BCUT2D eigenvalue weighted by atomic mass is 9.74. The molecular formula is C16H22N2O. The fourth-order valence-corrected chi connectivity index (χ4v) is 2.83. The zero-order valence-corrected chi connectivity index (χ0v) is 11.5. The van der Waals surface area contributed by atoms with Gasteiger partial charge >= 0.3 is 0 Å². The Balaban J connectivity index is 1.40. The molecular weight excluding hydrogens is 236 g/mol. The molecule has 0 saturated heterocycles. The fraction of sp³-hybridized carbons (Fsp3) is 0.562. The largest absolute Gasteiger partial charge is 0.352 e. The number of amides is 1. The van der Waals surface area contributed by atoms with Crippen molar-refractivity contribution in [3.05, 3.63) is 35.4 Å². The summed E-state index contributed by atoms with van der Waals surface area (Å²) in [5, 5.41) is 6.37. The molecule has 3 rings (SSSR count). The SMILES string of the molecule is Cc1ccccc1C1CC(NCC(=O)NC2CC2)C1. The molecule has 2 aliphatic rings. The number of carbonyl (C=O) groups excluding carboxylic acids is 1. The summed E-state index contributed by atoms with van der Waals surface area (Å²) in [4.78, 5) is 11.6. The molecule has 0 radical (unpaired) electrons. The van der Waals surface area contributed by atoms with Crippen LogP contribution in [0.1, 0.15) is 42.7 Å². The third kappa shape index (κ3) is 3.16. The lowest BCUT2D eigenvalue weighted by molar-refractivity contribution is -0.120. The van der Waals surface area contributed by atoms with Crippen LogP contribution in [-0.4, -0.2) is 24.5 Å². The second-order valence-corrected chi connectivity index (χ2v) is 5.94. The predicted molar refractivity (Wildman–Crippen MR) is 76.1 cm³/mol. The number of hydrogen-bond acceptors (Lipinski definition) is 2. The van der Waals surface area contributed by atoms with E-state index in [0.29, 0.717) is 24.5 Å². The molecule has 1 aromatic rings. The summed E-state index contributed by atoms with van der Waals surface area (Å²) < 4.78 is 0. The van der Waals surface area contributed by atoms with Crippen molar-refractivity contribution in [1.29, 1.82) is 0 Å². The van der Waals surface area contributed by atoms with E-state index in [-0.39, 0.29) is 5.91 Å². The second kappa shape index (κ2) is 5.33. The number of hydrogen-bond donors (Lipinski definition) is 2. The van der Waals surface area contributed by atoms with Crippen LogP contribution in [0, 0.1) is 6.92 Å². The molecule has 19 heavy (non-hydrogen) atoms. The van der Waals surface area contributed by atoms with Crippen molar-refractivity contribution < 1.29 is 4.79 Å². The summed E-state index contributed by atoms with van der Waals surface area (Å²) in [7, 11) is 0. The standard InChI is InChI=1S/C16H22N2O/c1-11-4-2-3-5-15(11)12-8-14(9-12)17-10-16(19)18-13-6-7-13/h2-5,12-14,17H,6-10H2,1H3,(H,18,19). The molecule has 0 bridgehead atoms. The van der Waals surface area contributed by atoms with Crippen molar-refractivity contribution in [2.24, 2.45) is 0 Å². The average Bonchev–Trinajstić information content (AvgIpc) is 3.13. The van der Waals surface area contributed by atoms with Gasteiger partial charge in [0.1, 0.15) is 0 Å². The quantitative estimate of drug-likeness (QED) is 0.849. The molecule has 0 aliphatic heterocycles. The minimum Gasteiger partial charge on any atom is -0.352 e. The van der Waals surface area contributed by atoms with Gasteiger partial charge in [0.25, 0.3) is 0 Å². The first-order valence-corrected chi connectivity index (χ1v) is 7.30. The Morgan fingerprint density at radius 1 is 1.21 bits per heavy atom. The van der Waals surface area contributed by atoms with E-state index in [1.807, 2.05) is 0 Å². The Hall–Kier alpha value is -1.35. The molecule has 2 fully saturated rings. The molecule has 3 heteroatoms. The Bertz CT molecular complexity index is 462. The van der Waals surface area contributed by atoms with Crippen LogP contribution in [-0.2, 0) is 4.79 Å². The summed E-state index contributed by atoms with van der Waals surface area (Å²) in [5.41, 5.74) is 2.86. The van der Waals surface area contributed by atoms with E-state index in [1.165, 1.54) is 11.1 Å². The van der Waals surface area contributed by atoms with Crippen molar-refractivity contribution in [2.45, 2.75) is 50.6 Å². The minimum atomic E-state index is 0.154. The van der Waals surface area contributed by atoms with Crippen LogP contribution >= 0.6 is 0 Å². The van der Waals surface area contributed by atoms with Crippen molar-refractivity contribution in [3.8, 4) is 0 Å². The lowest BCUT2D eigenvalue weighted by Crippen LogP contribution is -2.45. The molecule has 3 nitrogen and oxygen atoms in total. The van der Waals surface area contributed by atoms with E-state index in [0.717, 1.165) is 25.7 Å². The number of benzene rings is 1. The Morgan fingerprint density at radius 3 is 2.63 bits per heavy atom. The fourth-order valence-electron chi connectivity index (χ4n) is 2.83. The predicted octanol–water partition coefficient (Wildman–Crippen LogP) is 2.11. The third-order valence-electron chi connectivity index (χ3n) is 4.26. The lowest BCUT2D eigenvalue weighted by Gasteiger charge is -2.37. The first-order valence-electron chi connectivity index (χ1n) is 7.30. The summed E-state index contributed by atoms with van der Waals surface area (Å²) in [6.45, 7) is 2.65. The highest BCUT2D eigenvalue weighted by Gasteiger charge is 2.31. The third-order valence-corrected chi connectivity index (χ3v) is 4.26. The number of nitrogens with one attached hydrogen (secondary N) is 2. The Kier molecular flexibility index (Phi) is 3.56. The number of rotatable bonds is 5. The highest BCUT2D eigenvalue weighted by Crippen LogP contribution is 2.38. The van der Waals surface area contributed by atoms with Crippen LogP contribution in [0.15, 0.2) is 24.3 Å². The maximum absolute atomic E-state index is 11.6. The molecule has 0 heterocycles. The molecule has 0 spiro atoms. The zero-order chi connectivity index (χ0) is 13.2. The number of aryl methyl sites for hydroxylation is 1. The van der Waals surface area contributed by atoms with E-state index in [2.05, 4.69) is 41.8 Å². The summed E-state index contributed by atoms with van der Waals surface area (Å²) >= 11 is 0. The van der Waals surface area contributed by atoms with Gasteiger partial charge in [0, 0.05) is 12.1 Å². The minimum absolute atomic E-state index is 0.154. The maximum atomic E-state index is 11.6. The van der Waals surface area contributed by atoms with Crippen molar-refractivity contribution in [3.63, 3.8) is 0 Å². The van der Waals surface area contributed by atoms with E-state index >= 15 is 0 Å². The highest BCUT2D eigenvalue weighted by molar-refractivity contribution is 5.78. The van der Waals surface area contributed by atoms with E-state index < -0.39 is 0 Å². The Morgan fingerprint density at radius 2 is 1.95 bits per heavy atom. The normalized spacial score (nSPS) is 25.7. The van der Waals surface area contributed by atoms with E-state index in [4.69, 9.17) is 0 Å². The van der Waals surface area contributed by atoms with Gasteiger partial charge in [0.05, 0.1) is 6.54 Å². The molecule has 0 unspecified atom stereocenters. The van der Waals surface area contributed by atoms with Crippen molar-refractivity contribution in [1.82, 2.24) is 10.6 Å². The van der Waals surface area contributed by atoms with Crippen LogP contribution in [0.25, 0.3) is 0 Å². The van der Waals surface area contributed by atoms with Gasteiger partial charge in [-0.1, -0.05) is 24.3 Å². The first-order chi connectivity index (χ1) is 9.22. The van der Waals surface area contributed by atoms with E-state index in [1.54, 1.807) is 0 Å². The van der Waals surface area contributed by atoms with Crippen LogP contribution in [0.4, 0.5) is 0 Å². The zero-order valence-electron chi connectivity index (χ0n) is 11.5. The molecule has 2 saturated carbocycles. The van der Waals surface area contributed by atoms with Crippen LogP contribution in [0.2, 0.25) is 0 Å². The average molecular weight is 258 g/mol. The van der Waals surface area contributed by atoms with Gasteiger partial charge in [0.2, 0.25) is 5.91 Å². The molecule has 0 atom stereocenters. The molecule has 2 aliphatic carbocycles. The van der Waals surface area contributed by atoms with Gasteiger partial charge in [-0.3, -0.25) is 4.79 Å². The van der Waals surface area contributed by atoms with Gasteiger partial charge in [-0.25, -0.2) is 0 Å². The maximum Gasteiger partial charge on any atom is 0.234 e. The molecule has 1 aromatic carbocycles. The highest BCUT2D eigenvalue weighted by atomic mass is 16.2. The smallest absolute Gasteiger partial charge is 0.234 e. The van der Waals surface area contributed by atoms with Gasteiger partial charge < -0.3 is 10.6 Å². The van der Waals surface area contributed by atoms with Gasteiger partial charge in [-0.15, -0.1) is 0 Å². The second-order valence-electron chi connectivity index (χ2n) is 5.94. The topological polar surface area (TPSA) is 41.1 Å². The summed E-state index contributed by atoms with van der Waals surface area (Å²) in [6.07, 6.45) is 4.62. The monoisotopic (exact) mass is 258 g/mol.